The van der Waals surface area contributed by atoms with Crippen LogP contribution in [0.4, 0.5) is 13.2 Å². The molecule has 30 heavy (non-hydrogen) atoms. The van der Waals surface area contributed by atoms with Crippen LogP contribution in [-0.2, 0) is 10.0 Å². The molecule has 0 aromatic rings. The molecule has 3 N–H and O–H groups in total. The molecular weight excluding hydrogens is 534 g/mol. The van der Waals surface area contributed by atoms with Gasteiger partial charge in [0.25, 0.3) is 0 Å². The predicted octanol–water partition coefficient (Wildman–Crippen LogP) is 2.15. The molecule has 1 saturated carbocycles. The maximum absolute atomic E-state index is 12.4. The molecule has 0 atom stereocenters. The lowest BCUT2D eigenvalue weighted by Gasteiger charge is -2.32. The molecule has 1 heterocycles. The number of piperidine rings is 1. The van der Waals surface area contributed by atoms with Gasteiger partial charge in [0.1, 0.15) is 0 Å². The normalized spacial score (nSPS) is 19.8. The molecule has 1 aliphatic heterocycles. The van der Waals surface area contributed by atoms with E-state index in [1.165, 1.54) is 11.3 Å². The van der Waals surface area contributed by atoms with E-state index in [0.717, 1.165) is 32.1 Å². The number of rotatable bonds is 10. The van der Waals surface area contributed by atoms with Crippen molar-refractivity contribution >= 4 is 40.0 Å². The molecule has 2 rings (SSSR count). The smallest absolute Gasteiger partial charge is 0.356 e. The summed E-state index contributed by atoms with van der Waals surface area (Å²) < 4.78 is 63.9. The van der Waals surface area contributed by atoms with E-state index in [9.17, 15) is 21.6 Å². The summed E-state index contributed by atoms with van der Waals surface area (Å²) in [5.41, 5.74) is 0. The van der Waals surface area contributed by atoms with Crippen molar-refractivity contribution in [3.8, 4) is 0 Å². The minimum atomic E-state index is -4.13. The number of nitrogens with zero attached hydrogens (tertiary/aromatic N) is 2. The Hall–Kier alpha value is -0.340. The zero-order valence-electron chi connectivity index (χ0n) is 17.5. The monoisotopic (exact) mass is 569 g/mol. The lowest BCUT2D eigenvalue weighted by molar-refractivity contribution is -0.148. The molecule has 0 radical (unpaired) electrons. The van der Waals surface area contributed by atoms with Crippen LogP contribution in [0.15, 0.2) is 4.99 Å². The Morgan fingerprint density at radius 3 is 2.23 bits per heavy atom. The maximum Gasteiger partial charge on any atom is 0.401 e. The number of sulfonamides is 1. The van der Waals surface area contributed by atoms with Crippen molar-refractivity contribution in [3.05, 3.63) is 0 Å². The van der Waals surface area contributed by atoms with Gasteiger partial charge in [-0.15, -0.1) is 24.0 Å². The van der Waals surface area contributed by atoms with Gasteiger partial charge in [-0.25, -0.2) is 13.1 Å². The second-order valence-corrected chi connectivity index (χ2v) is 9.94. The lowest BCUT2D eigenvalue weighted by Crippen LogP contribution is -2.43. The molecule has 0 aromatic carbocycles. The topological polar surface area (TPSA) is 85.8 Å². The molecule has 0 spiro atoms. The molecule has 2 aliphatic rings. The van der Waals surface area contributed by atoms with Crippen LogP contribution in [0.25, 0.3) is 0 Å². The average Bonchev–Trinajstić information content (AvgIpc) is 2.59. The highest BCUT2D eigenvalue weighted by atomic mass is 127. The van der Waals surface area contributed by atoms with E-state index in [1.807, 2.05) is 0 Å². The molecule has 2 fully saturated rings. The third kappa shape index (κ3) is 11.3. The molecule has 12 heteroatoms. The highest BCUT2D eigenvalue weighted by Gasteiger charge is 2.32. The summed E-state index contributed by atoms with van der Waals surface area (Å²) in [5.74, 6) is 1.39. The first-order valence-electron chi connectivity index (χ1n) is 10.4. The maximum atomic E-state index is 12.4. The van der Waals surface area contributed by atoms with E-state index < -0.39 is 22.7 Å². The summed E-state index contributed by atoms with van der Waals surface area (Å²) in [6, 6.07) is 0. The number of halogens is 4. The largest absolute Gasteiger partial charge is 0.401 e. The van der Waals surface area contributed by atoms with Gasteiger partial charge in [-0.1, -0.05) is 6.42 Å². The molecule has 7 nitrogen and oxygen atoms in total. The van der Waals surface area contributed by atoms with Crippen molar-refractivity contribution in [3.63, 3.8) is 0 Å². The Kier molecular flexibility index (Phi) is 12.2. The van der Waals surface area contributed by atoms with Crippen LogP contribution in [0.1, 0.15) is 38.5 Å². The summed E-state index contributed by atoms with van der Waals surface area (Å²) in [6.07, 6.45) is 1.61. The van der Waals surface area contributed by atoms with Crippen LogP contribution in [-0.4, -0.2) is 77.5 Å². The van der Waals surface area contributed by atoms with E-state index in [2.05, 4.69) is 20.3 Å². The number of hydrogen-bond acceptors (Lipinski definition) is 4. The number of guanidine groups is 1. The SMILES string of the molecule is CN=C(NCCC1CCN(CC(F)(F)F)CC1)NCCS(=O)(=O)NCC1CCC1.I. The van der Waals surface area contributed by atoms with E-state index in [-0.39, 0.29) is 36.3 Å². The molecule has 1 aliphatic carbocycles. The first kappa shape index (κ1) is 27.7. The van der Waals surface area contributed by atoms with E-state index in [4.69, 9.17) is 0 Å². The van der Waals surface area contributed by atoms with Crippen molar-refractivity contribution in [2.45, 2.75) is 44.7 Å². The van der Waals surface area contributed by atoms with Gasteiger partial charge in [-0.05, 0) is 57.0 Å². The van der Waals surface area contributed by atoms with Gasteiger partial charge >= 0.3 is 6.18 Å². The Morgan fingerprint density at radius 1 is 1.07 bits per heavy atom. The standard InChI is InChI=1S/C18H34F3N5O2S.HI/c1-22-17(24-9-12-29(27,28)25-13-16-3-2-4-16)23-8-5-15-6-10-26(11-7-15)14-18(19,20)21;/h15-16,25H,2-14H2,1H3,(H2,22,23,24);1H. The fourth-order valence-electron chi connectivity index (χ4n) is 3.62. The van der Waals surface area contributed by atoms with E-state index >= 15 is 0 Å². The lowest BCUT2D eigenvalue weighted by atomic mass is 9.86. The molecular formula is C18H35F3IN5O2S. The van der Waals surface area contributed by atoms with Crippen LogP contribution >= 0.6 is 24.0 Å². The highest BCUT2D eigenvalue weighted by Crippen LogP contribution is 2.25. The molecule has 0 amide bonds. The van der Waals surface area contributed by atoms with Crippen LogP contribution in [0.3, 0.4) is 0 Å². The third-order valence-corrected chi connectivity index (χ3v) is 7.01. The number of hydrogen-bond donors (Lipinski definition) is 3. The summed E-state index contributed by atoms with van der Waals surface area (Å²) in [6.45, 7) is 1.56. The van der Waals surface area contributed by atoms with Crippen molar-refractivity contribution in [1.82, 2.24) is 20.3 Å². The zero-order chi connectivity index (χ0) is 21.3. The van der Waals surface area contributed by atoms with Crippen molar-refractivity contribution in [2.24, 2.45) is 16.8 Å². The molecule has 1 saturated heterocycles. The summed E-state index contributed by atoms with van der Waals surface area (Å²) >= 11 is 0. The van der Waals surface area contributed by atoms with Gasteiger partial charge in [0.15, 0.2) is 5.96 Å². The van der Waals surface area contributed by atoms with E-state index in [0.29, 0.717) is 44.0 Å². The summed E-state index contributed by atoms with van der Waals surface area (Å²) in [4.78, 5) is 5.55. The number of aliphatic imine (C=N–C) groups is 1. The molecule has 0 bridgehead atoms. The highest BCUT2D eigenvalue weighted by molar-refractivity contribution is 14.0. The van der Waals surface area contributed by atoms with E-state index in [1.54, 1.807) is 7.05 Å². The van der Waals surface area contributed by atoms with Gasteiger partial charge < -0.3 is 10.6 Å². The molecule has 0 unspecified atom stereocenters. The quantitative estimate of drug-likeness (QED) is 0.214. The third-order valence-electron chi connectivity index (χ3n) is 5.66. The average molecular weight is 569 g/mol. The van der Waals surface area contributed by atoms with Gasteiger partial charge in [-0.3, -0.25) is 9.89 Å². The fourth-order valence-corrected chi connectivity index (χ4v) is 4.62. The van der Waals surface area contributed by atoms with Crippen LogP contribution in [0, 0.1) is 11.8 Å². The molecule has 0 aromatic heterocycles. The summed E-state index contributed by atoms with van der Waals surface area (Å²) in [7, 11) is -1.67. The minimum Gasteiger partial charge on any atom is -0.356 e. The van der Waals surface area contributed by atoms with Gasteiger partial charge in [0.2, 0.25) is 10.0 Å². The van der Waals surface area contributed by atoms with Gasteiger partial charge in [-0.2, -0.15) is 13.2 Å². The minimum absolute atomic E-state index is 0. The number of nitrogens with one attached hydrogen (secondary N) is 3. The second kappa shape index (κ2) is 13.3. The summed E-state index contributed by atoms with van der Waals surface area (Å²) in [5, 5.41) is 6.15. The van der Waals surface area contributed by atoms with Gasteiger partial charge in [0, 0.05) is 26.7 Å². The van der Waals surface area contributed by atoms with Crippen molar-refractivity contribution in [2.75, 3.05) is 52.1 Å². The Balaban J connectivity index is 0.00000450. The van der Waals surface area contributed by atoms with Crippen LogP contribution in [0.5, 0.6) is 0 Å². The Bertz CT molecular complexity index is 622. The van der Waals surface area contributed by atoms with Crippen molar-refractivity contribution < 1.29 is 21.6 Å². The first-order valence-corrected chi connectivity index (χ1v) is 12.0. The van der Waals surface area contributed by atoms with Gasteiger partial charge in [0.05, 0.1) is 12.3 Å². The van der Waals surface area contributed by atoms with Crippen LogP contribution in [0.2, 0.25) is 0 Å². The Morgan fingerprint density at radius 2 is 1.70 bits per heavy atom. The molecule has 178 valence electrons. The fraction of sp³-hybridized carbons (Fsp3) is 0.944. The second-order valence-electron chi connectivity index (χ2n) is 8.01. The first-order chi connectivity index (χ1) is 13.7. The number of alkyl halides is 3. The Labute approximate surface area is 195 Å². The van der Waals surface area contributed by atoms with Crippen LogP contribution < -0.4 is 15.4 Å². The predicted molar refractivity (Wildman–Crippen MR) is 124 cm³/mol. The zero-order valence-corrected chi connectivity index (χ0v) is 20.7. The number of likely N-dealkylation sites (tertiary alicyclic amines) is 1. The van der Waals surface area contributed by atoms with Crippen molar-refractivity contribution in [1.29, 1.82) is 0 Å².